The number of hydrogen-bond donors (Lipinski definition) is 1. The second-order valence-electron chi connectivity index (χ2n) is 6.00. The lowest BCUT2D eigenvalue weighted by Gasteiger charge is -2.13. The maximum absolute atomic E-state index is 4.79. The summed E-state index contributed by atoms with van der Waals surface area (Å²) in [6.07, 6.45) is 9.38. The average molecular weight is 304 g/mol. The number of likely N-dealkylation sites (N-methyl/N-ethyl adjacent to an activating group) is 1. The van der Waals surface area contributed by atoms with Crippen molar-refractivity contribution in [2.75, 3.05) is 7.05 Å². The first-order valence-electron chi connectivity index (χ1n) is 7.87. The van der Waals surface area contributed by atoms with E-state index >= 15 is 0 Å². The van der Waals surface area contributed by atoms with Gasteiger partial charge in [0.15, 0.2) is 0 Å². The van der Waals surface area contributed by atoms with Crippen LogP contribution in [0.2, 0.25) is 0 Å². The van der Waals surface area contributed by atoms with E-state index in [4.69, 9.17) is 5.10 Å². The maximum atomic E-state index is 4.79. The van der Waals surface area contributed by atoms with E-state index in [1.54, 1.807) is 11.3 Å². The number of aromatic nitrogens is 3. The van der Waals surface area contributed by atoms with Crippen molar-refractivity contribution in [1.29, 1.82) is 0 Å². The first-order chi connectivity index (χ1) is 10.2. The van der Waals surface area contributed by atoms with Gasteiger partial charge in [0.2, 0.25) is 0 Å². The van der Waals surface area contributed by atoms with Gasteiger partial charge in [0.1, 0.15) is 0 Å². The molecule has 2 heterocycles. The quantitative estimate of drug-likeness (QED) is 0.891. The second-order valence-corrected chi connectivity index (χ2v) is 6.94. The number of nitrogens with zero attached hydrogens (tertiary/aromatic N) is 3. The predicted molar refractivity (Wildman–Crippen MR) is 86.8 cm³/mol. The van der Waals surface area contributed by atoms with E-state index in [1.165, 1.54) is 36.4 Å². The third-order valence-corrected chi connectivity index (χ3v) is 5.30. The summed E-state index contributed by atoms with van der Waals surface area (Å²) < 4.78 is 2.18. The van der Waals surface area contributed by atoms with Gasteiger partial charge in [-0.25, -0.2) is 4.98 Å². The Kier molecular flexibility index (Phi) is 4.70. The Morgan fingerprint density at radius 2 is 2.19 bits per heavy atom. The van der Waals surface area contributed by atoms with E-state index in [1.807, 2.05) is 7.05 Å². The first kappa shape index (κ1) is 14.7. The van der Waals surface area contributed by atoms with Crippen LogP contribution in [0.3, 0.4) is 0 Å². The van der Waals surface area contributed by atoms with E-state index in [0.717, 1.165) is 18.5 Å². The third kappa shape index (κ3) is 3.71. The predicted octanol–water partition coefficient (Wildman–Crippen LogP) is 3.14. The van der Waals surface area contributed by atoms with Crippen molar-refractivity contribution in [2.24, 2.45) is 0 Å². The molecule has 21 heavy (non-hydrogen) atoms. The number of rotatable bonds is 6. The van der Waals surface area contributed by atoms with E-state index in [-0.39, 0.29) is 0 Å². The van der Waals surface area contributed by atoms with Gasteiger partial charge in [0, 0.05) is 36.2 Å². The zero-order valence-corrected chi connectivity index (χ0v) is 13.7. The molecule has 1 aliphatic rings. The van der Waals surface area contributed by atoms with Crippen LogP contribution in [-0.4, -0.2) is 27.9 Å². The highest BCUT2D eigenvalue weighted by Crippen LogP contribution is 2.28. The Morgan fingerprint density at radius 3 is 2.86 bits per heavy atom. The van der Waals surface area contributed by atoms with E-state index < -0.39 is 0 Å². The smallest absolute Gasteiger partial charge is 0.0943 e. The van der Waals surface area contributed by atoms with Crippen LogP contribution in [0.25, 0.3) is 0 Å². The molecule has 2 aromatic heterocycles. The Balaban J connectivity index is 1.61. The Hall–Kier alpha value is -1.20. The van der Waals surface area contributed by atoms with Crippen LogP contribution in [0.1, 0.15) is 48.1 Å². The van der Waals surface area contributed by atoms with Gasteiger partial charge >= 0.3 is 0 Å². The maximum Gasteiger partial charge on any atom is 0.0943 e. The molecule has 1 fully saturated rings. The SMILES string of the molecule is CNC(Cc1ccn(C2CCCC2)n1)Cc1nc(C)cs1. The summed E-state index contributed by atoms with van der Waals surface area (Å²) in [5.41, 5.74) is 2.31. The van der Waals surface area contributed by atoms with Gasteiger partial charge in [-0.1, -0.05) is 12.8 Å². The Morgan fingerprint density at radius 1 is 1.38 bits per heavy atom. The van der Waals surface area contributed by atoms with Crippen molar-refractivity contribution in [2.45, 2.75) is 57.5 Å². The molecule has 2 aromatic rings. The molecular weight excluding hydrogens is 280 g/mol. The van der Waals surface area contributed by atoms with Crippen LogP contribution in [0.5, 0.6) is 0 Å². The molecule has 1 atom stereocenters. The number of hydrogen-bond acceptors (Lipinski definition) is 4. The number of thiazole rings is 1. The lowest BCUT2D eigenvalue weighted by atomic mass is 10.1. The molecule has 0 aliphatic heterocycles. The van der Waals surface area contributed by atoms with Gasteiger partial charge in [0.05, 0.1) is 16.7 Å². The normalized spacial score (nSPS) is 17.4. The highest BCUT2D eigenvalue weighted by molar-refractivity contribution is 7.09. The molecule has 5 heteroatoms. The summed E-state index contributed by atoms with van der Waals surface area (Å²) in [6.45, 7) is 2.05. The summed E-state index contributed by atoms with van der Waals surface area (Å²) in [5, 5.41) is 11.5. The van der Waals surface area contributed by atoms with Gasteiger partial charge in [-0.15, -0.1) is 11.3 Å². The van der Waals surface area contributed by atoms with Crippen LogP contribution in [0.4, 0.5) is 0 Å². The number of nitrogens with one attached hydrogen (secondary N) is 1. The fourth-order valence-electron chi connectivity index (χ4n) is 3.09. The molecule has 1 aliphatic carbocycles. The summed E-state index contributed by atoms with van der Waals surface area (Å²) in [4.78, 5) is 4.56. The van der Waals surface area contributed by atoms with Crippen LogP contribution in [0, 0.1) is 6.92 Å². The van der Waals surface area contributed by atoms with Crippen LogP contribution in [-0.2, 0) is 12.8 Å². The van der Waals surface area contributed by atoms with Crippen molar-refractivity contribution in [3.63, 3.8) is 0 Å². The van der Waals surface area contributed by atoms with Crippen LogP contribution in [0.15, 0.2) is 17.6 Å². The van der Waals surface area contributed by atoms with Gasteiger partial charge < -0.3 is 5.32 Å². The molecular formula is C16H24N4S. The highest BCUT2D eigenvalue weighted by atomic mass is 32.1. The van der Waals surface area contributed by atoms with Crippen molar-refractivity contribution in [3.8, 4) is 0 Å². The Labute approximate surface area is 130 Å². The van der Waals surface area contributed by atoms with Gasteiger partial charge in [0.25, 0.3) is 0 Å². The minimum atomic E-state index is 0.405. The third-order valence-electron chi connectivity index (χ3n) is 4.31. The van der Waals surface area contributed by atoms with Crippen molar-refractivity contribution >= 4 is 11.3 Å². The van der Waals surface area contributed by atoms with Crippen molar-refractivity contribution in [3.05, 3.63) is 34.0 Å². The van der Waals surface area contributed by atoms with Gasteiger partial charge in [-0.05, 0) is 32.9 Å². The molecule has 1 saturated carbocycles. The first-order valence-corrected chi connectivity index (χ1v) is 8.75. The molecule has 1 unspecified atom stereocenters. The van der Waals surface area contributed by atoms with Gasteiger partial charge in [-0.3, -0.25) is 4.68 Å². The standard InChI is InChI=1S/C16H24N4S/c1-12-11-21-16(18-12)10-14(17-2)9-13-7-8-20(19-13)15-5-3-4-6-15/h7-8,11,14-15,17H,3-6,9-10H2,1-2H3. The monoisotopic (exact) mass is 304 g/mol. The lowest BCUT2D eigenvalue weighted by molar-refractivity contribution is 0.457. The summed E-state index contributed by atoms with van der Waals surface area (Å²) >= 11 is 1.75. The molecule has 3 rings (SSSR count). The molecule has 0 aromatic carbocycles. The van der Waals surface area contributed by atoms with Crippen molar-refractivity contribution < 1.29 is 0 Å². The average Bonchev–Trinajstić information content (AvgIpc) is 3.19. The van der Waals surface area contributed by atoms with Crippen molar-refractivity contribution in [1.82, 2.24) is 20.1 Å². The molecule has 4 nitrogen and oxygen atoms in total. The number of aryl methyl sites for hydroxylation is 1. The fraction of sp³-hybridized carbons (Fsp3) is 0.625. The molecule has 1 N–H and O–H groups in total. The van der Waals surface area contributed by atoms with E-state index in [9.17, 15) is 0 Å². The van der Waals surface area contributed by atoms with Gasteiger partial charge in [-0.2, -0.15) is 5.10 Å². The lowest BCUT2D eigenvalue weighted by Crippen LogP contribution is -2.30. The summed E-state index contributed by atoms with van der Waals surface area (Å²) in [7, 11) is 2.03. The largest absolute Gasteiger partial charge is 0.316 e. The zero-order chi connectivity index (χ0) is 14.7. The summed E-state index contributed by atoms with van der Waals surface area (Å²) in [6, 6.07) is 3.21. The minimum absolute atomic E-state index is 0.405. The second kappa shape index (κ2) is 6.71. The van der Waals surface area contributed by atoms with E-state index in [2.05, 4.69) is 39.5 Å². The molecule has 0 spiro atoms. The molecule has 0 bridgehead atoms. The minimum Gasteiger partial charge on any atom is -0.316 e. The highest BCUT2D eigenvalue weighted by Gasteiger charge is 2.18. The fourth-order valence-corrected chi connectivity index (χ4v) is 3.95. The zero-order valence-electron chi connectivity index (χ0n) is 12.9. The topological polar surface area (TPSA) is 42.7 Å². The van der Waals surface area contributed by atoms with Crippen LogP contribution >= 0.6 is 11.3 Å². The molecule has 0 saturated heterocycles. The molecule has 0 amide bonds. The molecule has 114 valence electrons. The van der Waals surface area contributed by atoms with E-state index in [0.29, 0.717) is 12.1 Å². The summed E-state index contributed by atoms with van der Waals surface area (Å²) in [5.74, 6) is 0. The Bertz CT molecular complexity index is 568. The molecule has 0 radical (unpaired) electrons. The van der Waals surface area contributed by atoms with Crippen LogP contribution < -0.4 is 5.32 Å².